The second kappa shape index (κ2) is 3.93. The molecule has 0 saturated carbocycles. The molecule has 0 fully saturated rings. The van der Waals surface area contributed by atoms with E-state index in [9.17, 15) is 4.79 Å². The molecule has 0 bridgehead atoms. The van der Waals surface area contributed by atoms with Crippen LogP contribution in [0.4, 0.5) is 0 Å². The van der Waals surface area contributed by atoms with Crippen LogP contribution in [0.15, 0.2) is 23.1 Å². The lowest BCUT2D eigenvalue weighted by Crippen LogP contribution is -1.79. The number of halogens is 1. The third kappa shape index (κ3) is 1.67. The molecule has 14 heavy (non-hydrogen) atoms. The van der Waals surface area contributed by atoms with E-state index in [-0.39, 0.29) is 0 Å². The average Bonchev–Trinajstić information content (AvgIpc) is 2.58. The van der Waals surface area contributed by atoms with Crippen molar-refractivity contribution in [1.29, 1.82) is 0 Å². The van der Waals surface area contributed by atoms with Crippen LogP contribution in [-0.4, -0.2) is 6.29 Å². The van der Waals surface area contributed by atoms with Crippen LogP contribution in [0.5, 0.6) is 0 Å². The van der Waals surface area contributed by atoms with E-state index in [2.05, 4.69) is 12.6 Å². The van der Waals surface area contributed by atoms with E-state index < -0.39 is 0 Å². The number of benzene rings is 1. The number of thiol groups is 1. The maximum Gasteiger partial charge on any atom is 0.160 e. The van der Waals surface area contributed by atoms with Gasteiger partial charge in [-0.1, -0.05) is 0 Å². The fraction of sp³-hybridized carbons (Fsp3) is 0.100. The lowest BCUT2D eigenvalue weighted by molar-refractivity contribution is 0.112. The molecule has 2 rings (SSSR count). The predicted octanol–water partition coefficient (Wildman–Crippen LogP) is 3.74. The van der Waals surface area contributed by atoms with Crippen molar-refractivity contribution in [1.82, 2.24) is 0 Å². The van der Waals surface area contributed by atoms with Crippen LogP contribution in [0.1, 0.15) is 15.2 Å². The Bertz CT molecular complexity index is 490. The van der Waals surface area contributed by atoms with Gasteiger partial charge >= 0.3 is 0 Å². The minimum absolute atomic E-state index is 0.445. The zero-order chi connectivity index (χ0) is 10.1. The summed E-state index contributed by atoms with van der Waals surface area (Å²) in [5, 5.41) is 1.06. The molecule has 1 aromatic carbocycles. The quantitative estimate of drug-likeness (QED) is 0.482. The fourth-order valence-electron chi connectivity index (χ4n) is 1.31. The highest BCUT2D eigenvalue weighted by atomic mass is 35.5. The molecule has 0 atom stereocenters. The number of hydrogen-bond acceptors (Lipinski definition) is 3. The third-order valence-electron chi connectivity index (χ3n) is 2.00. The summed E-state index contributed by atoms with van der Waals surface area (Å²) in [6.07, 6.45) is 0.864. The standard InChI is InChI=1S/C10H7ClOS2/c11-4-7-1-6-2-8(5-12)14-10(6)3-9(7)13/h1-3,5,13H,4H2. The van der Waals surface area contributed by atoms with Gasteiger partial charge in [-0.15, -0.1) is 35.6 Å². The summed E-state index contributed by atoms with van der Waals surface area (Å²) in [4.78, 5) is 12.2. The average molecular weight is 243 g/mol. The molecule has 1 nitrogen and oxygen atoms in total. The predicted molar refractivity (Wildman–Crippen MR) is 64.0 cm³/mol. The first-order chi connectivity index (χ1) is 6.74. The summed E-state index contributed by atoms with van der Waals surface area (Å²) >= 11 is 11.6. The number of thiophene rings is 1. The SMILES string of the molecule is O=Cc1cc2cc(CCl)c(S)cc2s1. The highest BCUT2D eigenvalue weighted by Gasteiger charge is 2.05. The normalized spacial score (nSPS) is 10.7. The number of alkyl halides is 1. The van der Waals surface area contributed by atoms with Crippen LogP contribution in [0, 0.1) is 0 Å². The lowest BCUT2D eigenvalue weighted by atomic mass is 10.2. The van der Waals surface area contributed by atoms with Crippen molar-refractivity contribution in [3.63, 3.8) is 0 Å². The number of rotatable bonds is 2. The summed E-state index contributed by atoms with van der Waals surface area (Å²) in [5.74, 6) is 0.445. The largest absolute Gasteiger partial charge is 0.297 e. The van der Waals surface area contributed by atoms with Gasteiger partial charge in [-0.05, 0) is 29.1 Å². The molecule has 0 unspecified atom stereocenters. The van der Waals surface area contributed by atoms with Crippen molar-refractivity contribution in [2.45, 2.75) is 10.8 Å². The van der Waals surface area contributed by atoms with Crippen molar-refractivity contribution in [3.05, 3.63) is 28.6 Å². The summed E-state index contributed by atoms with van der Waals surface area (Å²) in [7, 11) is 0. The Balaban J connectivity index is 2.69. The maximum absolute atomic E-state index is 10.6. The zero-order valence-corrected chi connectivity index (χ0v) is 9.63. The van der Waals surface area contributed by atoms with Gasteiger partial charge < -0.3 is 0 Å². The number of fused-ring (bicyclic) bond motifs is 1. The zero-order valence-electron chi connectivity index (χ0n) is 7.16. The van der Waals surface area contributed by atoms with E-state index in [0.717, 1.165) is 31.7 Å². The van der Waals surface area contributed by atoms with Crippen LogP contribution >= 0.6 is 35.6 Å². The van der Waals surface area contributed by atoms with Gasteiger partial charge in [0.15, 0.2) is 6.29 Å². The highest BCUT2D eigenvalue weighted by Crippen LogP contribution is 2.29. The van der Waals surface area contributed by atoms with E-state index >= 15 is 0 Å². The molecule has 0 spiro atoms. The van der Waals surface area contributed by atoms with Gasteiger partial charge in [0.2, 0.25) is 0 Å². The van der Waals surface area contributed by atoms with Crippen molar-refractivity contribution < 1.29 is 4.79 Å². The number of hydrogen-bond donors (Lipinski definition) is 1. The van der Waals surface area contributed by atoms with Crippen LogP contribution < -0.4 is 0 Å². The molecular formula is C10H7ClOS2. The Labute approximate surface area is 96.1 Å². The van der Waals surface area contributed by atoms with E-state index in [1.807, 2.05) is 18.2 Å². The lowest BCUT2D eigenvalue weighted by Gasteiger charge is -1.99. The van der Waals surface area contributed by atoms with Crippen LogP contribution in [0.3, 0.4) is 0 Å². The van der Waals surface area contributed by atoms with Crippen molar-refractivity contribution in [2.24, 2.45) is 0 Å². The molecule has 0 N–H and O–H groups in total. The first kappa shape index (κ1) is 10.0. The van der Waals surface area contributed by atoms with Gasteiger partial charge in [-0.3, -0.25) is 4.79 Å². The summed E-state index contributed by atoms with van der Waals surface area (Å²) < 4.78 is 1.07. The summed E-state index contributed by atoms with van der Waals surface area (Å²) in [6, 6.07) is 5.80. The van der Waals surface area contributed by atoms with Gasteiger partial charge in [-0.25, -0.2) is 0 Å². The van der Waals surface area contributed by atoms with Crippen molar-refractivity contribution in [3.8, 4) is 0 Å². The number of carbonyl (C=O) groups is 1. The van der Waals surface area contributed by atoms with Gasteiger partial charge in [0.05, 0.1) is 4.88 Å². The number of aldehydes is 1. The smallest absolute Gasteiger partial charge is 0.160 e. The minimum atomic E-state index is 0.445. The fourth-order valence-corrected chi connectivity index (χ4v) is 2.88. The molecule has 1 aromatic heterocycles. The van der Waals surface area contributed by atoms with Crippen LogP contribution in [-0.2, 0) is 5.88 Å². The van der Waals surface area contributed by atoms with Crippen LogP contribution in [0.25, 0.3) is 10.1 Å². The Hall–Kier alpha value is -0.510. The maximum atomic E-state index is 10.6. The molecule has 4 heteroatoms. The van der Waals surface area contributed by atoms with E-state index in [4.69, 9.17) is 11.6 Å². The van der Waals surface area contributed by atoms with E-state index in [1.165, 1.54) is 11.3 Å². The van der Waals surface area contributed by atoms with Crippen molar-refractivity contribution >= 4 is 51.9 Å². The summed E-state index contributed by atoms with van der Waals surface area (Å²) in [6.45, 7) is 0. The highest BCUT2D eigenvalue weighted by molar-refractivity contribution is 7.80. The van der Waals surface area contributed by atoms with E-state index in [1.54, 1.807) is 0 Å². The molecule has 0 amide bonds. The Kier molecular flexibility index (Phi) is 2.81. The van der Waals surface area contributed by atoms with Gasteiger partial charge in [0.25, 0.3) is 0 Å². The van der Waals surface area contributed by atoms with Crippen LogP contribution in [0.2, 0.25) is 0 Å². The van der Waals surface area contributed by atoms with Gasteiger partial charge in [0.1, 0.15) is 0 Å². The first-order valence-electron chi connectivity index (χ1n) is 4.01. The molecular weight excluding hydrogens is 236 g/mol. The molecule has 0 aliphatic heterocycles. The topological polar surface area (TPSA) is 17.1 Å². The minimum Gasteiger partial charge on any atom is -0.297 e. The Morgan fingerprint density at radius 1 is 1.43 bits per heavy atom. The number of carbonyl (C=O) groups excluding carboxylic acids is 1. The van der Waals surface area contributed by atoms with Gasteiger partial charge in [0, 0.05) is 15.5 Å². The Morgan fingerprint density at radius 2 is 2.21 bits per heavy atom. The van der Waals surface area contributed by atoms with Crippen molar-refractivity contribution in [2.75, 3.05) is 0 Å². The molecule has 0 saturated heterocycles. The monoisotopic (exact) mass is 242 g/mol. The summed E-state index contributed by atoms with van der Waals surface area (Å²) in [5.41, 5.74) is 0.998. The third-order valence-corrected chi connectivity index (χ3v) is 3.72. The molecule has 0 radical (unpaired) electrons. The molecule has 2 aromatic rings. The molecule has 72 valence electrons. The molecule has 1 heterocycles. The van der Waals surface area contributed by atoms with E-state index in [0.29, 0.717) is 5.88 Å². The second-order valence-corrected chi connectivity index (χ2v) is 4.78. The second-order valence-electron chi connectivity index (χ2n) is 2.92. The molecule has 0 aliphatic rings. The molecule has 0 aliphatic carbocycles. The van der Waals surface area contributed by atoms with Gasteiger partial charge in [-0.2, -0.15) is 0 Å². The first-order valence-corrected chi connectivity index (χ1v) is 5.81. The Morgan fingerprint density at radius 3 is 2.86 bits per heavy atom.